The van der Waals surface area contributed by atoms with Gasteiger partial charge in [-0.1, -0.05) is 6.92 Å². The first-order chi connectivity index (χ1) is 13.1. The zero-order chi connectivity index (χ0) is 19.0. The Labute approximate surface area is 161 Å². The van der Waals surface area contributed by atoms with Crippen LogP contribution in [0.25, 0.3) is 10.9 Å². The molecule has 0 radical (unpaired) electrons. The molecule has 1 saturated heterocycles. The van der Waals surface area contributed by atoms with Gasteiger partial charge in [-0.25, -0.2) is 0 Å². The molecule has 1 fully saturated rings. The Morgan fingerprint density at radius 2 is 2.19 bits per heavy atom. The van der Waals surface area contributed by atoms with Crippen LogP contribution in [0.1, 0.15) is 56.3 Å². The summed E-state index contributed by atoms with van der Waals surface area (Å²) in [5.41, 5.74) is 4.08. The molecular weight excluding hydrogens is 340 g/mol. The van der Waals surface area contributed by atoms with E-state index in [1.165, 1.54) is 36.6 Å². The summed E-state index contributed by atoms with van der Waals surface area (Å²) in [7, 11) is 3.19. The van der Waals surface area contributed by atoms with Crippen molar-refractivity contribution in [1.82, 2.24) is 9.88 Å². The maximum atomic E-state index is 11.9. The van der Waals surface area contributed by atoms with Crippen LogP contribution in [0.3, 0.4) is 0 Å². The lowest BCUT2D eigenvalue weighted by atomic mass is 9.65. The first-order valence-electron chi connectivity index (χ1n) is 10.1. The molecular formula is C22H30N2O3. The number of ether oxygens (including phenoxy) is 2. The molecule has 0 aliphatic carbocycles. The van der Waals surface area contributed by atoms with E-state index in [1.807, 2.05) is 6.07 Å². The molecule has 0 spiro atoms. The van der Waals surface area contributed by atoms with Crippen LogP contribution in [-0.2, 0) is 16.0 Å². The van der Waals surface area contributed by atoms with Gasteiger partial charge in [0, 0.05) is 35.6 Å². The summed E-state index contributed by atoms with van der Waals surface area (Å²) in [5, 5.41) is 1.31. The SMILES string of the molecule is CCC1(CCC(=O)OC)CCCN2CCc3c([nH]c4cc(OC)ccc34)C21. The topological polar surface area (TPSA) is 54.6 Å². The maximum Gasteiger partial charge on any atom is 0.305 e. The predicted molar refractivity (Wildman–Crippen MR) is 106 cm³/mol. The first kappa shape index (κ1) is 18.4. The Hall–Kier alpha value is -2.01. The van der Waals surface area contributed by atoms with Crippen molar-refractivity contribution in [1.29, 1.82) is 0 Å². The summed E-state index contributed by atoms with van der Waals surface area (Å²) in [6.07, 6.45) is 5.90. The number of piperidine rings is 1. The zero-order valence-electron chi connectivity index (χ0n) is 16.6. The molecule has 0 amide bonds. The number of carbonyl (C=O) groups excluding carboxylic acids is 1. The van der Waals surface area contributed by atoms with E-state index in [0.717, 1.165) is 43.6 Å². The second-order valence-corrected chi connectivity index (χ2v) is 8.01. The third-order valence-corrected chi connectivity index (χ3v) is 6.89. The van der Waals surface area contributed by atoms with Crippen LogP contribution < -0.4 is 4.74 Å². The highest BCUT2D eigenvalue weighted by atomic mass is 16.5. The molecule has 2 aliphatic heterocycles. The Morgan fingerprint density at radius 3 is 2.93 bits per heavy atom. The molecule has 4 rings (SSSR count). The number of esters is 1. The summed E-state index contributed by atoms with van der Waals surface area (Å²) < 4.78 is 10.4. The molecule has 146 valence electrons. The van der Waals surface area contributed by atoms with E-state index in [4.69, 9.17) is 9.47 Å². The van der Waals surface area contributed by atoms with Crippen LogP contribution in [0.15, 0.2) is 18.2 Å². The van der Waals surface area contributed by atoms with Crippen LogP contribution in [-0.4, -0.2) is 43.2 Å². The number of aromatic amines is 1. The molecule has 3 heterocycles. The van der Waals surface area contributed by atoms with E-state index in [0.29, 0.717) is 12.5 Å². The molecule has 2 atom stereocenters. The average Bonchev–Trinajstić information content (AvgIpc) is 3.09. The number of H-pyrrole nitrogens is 1. The lowest BCUT2D eigenvalue weighted by Crippen LogP contribution is -2.49. The van der Waals surface area contributed by atoms with E-state index < -0.39 is 0 Å². The maximum absolute atomic E-state index is 11.9. The molecule has 5 nitrogen and oxygen atoms in total. The number of fused-ring (bicyclic) bond motifs is 5. The molecule has 2 unspecified atom stereocenters. The normalized spacial score (nSPS) is 25.1. The van der Waals surface area contributed by atoms with E-state index in [-0.39, 0.29) is 11.4 Å². The number of hydrogen-bond donors (Lipinski definition) is 1. The van der Waals surface area contributed by atoms with Crippen LogP contribution in [0.5, 0.6) is 5.75 Å². The molecule has 1 aromatic carbocycles. The molecule has 27 heavy (non-hydrogen) atoms. The number of carbonyl (C=O) groups is 1. The van der Waals surface area contributed by atoms with Crippen molar-refractivity contribution in [2.24, 2.45) is 5.41 Å². The second-order valence-electron chi connectivity index (χ2n) is 8.01. The monoisotopic (exact) mass is 370 g/mol. The van der Waals surface area contributed by atoms with Crippen molar-refractivity contribution in [2.45, 2.75) is 51.5 Å². The van der Waals surface area contributed by atoms with E-state index in [2.05, 4.69) is 28.9 Å². The van der Waals surface area contributed by atoms with Gasteiger partial charge >= 0.3 is 5.97 Å². The van der Waals surface area contributed by atoms with Crippen molar-refractivity contribution < 1.29 is 14.3 Å². The van der Waals surface area contributed by atoms with Gasteiger partial charge in [-0.05, 0) is 61.8 Å². The van der Waals surface area contributed by atoms with Crippen LogP contribution in [0.4, 0.5) is 0 Å². The molecule has 0 saturated carbocycles. The summed E-state index contributed by atoms with van der Waals surface area (Å²) in [6.45, 7) is 4.51. The number of aromatic nitrogens is 1. The standard InChI is InChI=1S/C22H30N2O3/c1-4-22(11-8-19(25)27-3)10-5-12-24-13-9-17-16-7-6-15(26-2)14-18(16)23-20(17)21(22)24/h6-7,14,21,23H,4-5,8-13H2,1-3H3. The minimum absolute atomic E-state index is 0.0997. The highest BCUT2D eigenvalue weighted by Gasteiger charge is 2.47. The number of benzene rings is 1. The number of nitrogens with one attached hydrogen (secondary N) is 1. The van der Waals surface area contributed by atoms with Gasteiger partial charge in [-0.2, -0.15) is 0 Å². The fourth-order valence-electron chi connectivity index (χ4n) is 5.42. The Balaban J connectivity index is 1.77. The van der Waals surface area contributed by atoms with E-state index >= 15 is 0 Å². The lowest BCUT2D eigenvalue weighted by Gasteiger charge is -2.52. The van der Waals surface area contributed by atoms with Crippen molar-refractivity contribution in [3.63, 3.8) is 0 Å². The first-order valence-corrected chi connectivity index (χ1v) is 10.1. The van der Waals surface area contributed by atoms with Crippen molar-refractivity contribution >= 4 is 16.9 Å². The fourth-order valence-corrected chi connectivity index (χ4v) is 5.42. The van der Waals surface area contributed by atoms with Gasteiger partial charge in [0.2, 0.25) is 0 Å². The van der Waals surface area contributed by atoms with Gasteiger partial charge in [0.15, 0.2) is 0 Å². The smallest absolute Gasteiger partial charge is 0.305 e. The van der Waals surface area contributed by atoms with Crippen LogP contribution >= 0.6 is 0 Å². The Bertz CT molecular complexity index is 843. The third-order valence-electron chi connectivity index (χ3n) is 6.89. The highest BCUT2D eigenvalue weighted by molar-refractivity contribution is 5.86. The molecule has 2 aromatic rings. The Morgan fingerprint density at radius 1 is 1.33 bits per heavy atom. The molecule has 1 aromatic heterocycles. The Kier molecular flexibility index (Phi) is 4.89. The van der Waals surface area contributed by atoms with Crippen LogP contribution in [0, 0.1) is 5.41 Å². The molecule has 2 aliphatic rings. The zero-order valence-corrected chi connectivity index (χ0v) is 16.6. The summed E-state index contributed by atoms with van der Waals surface area (Å²) in [5.74, 6) is 0.784. The van der Waals surface area contributed by atoms with Gasteiger partial charge in [0.25, 0.3) is 0 Å². The van der Waals surface area contributed by atoms with Gasteiger partial charge < -0.3 is 14.5 Å². The van der Waals surface area contributed by atoms with Gasteiger partial charge in [-0.3, -0.25) is 9.69 Å². The second kappa shape index (κ2) is 7.19. The molecule has 1 N–H and O–H groups in total. The highest BCUT2D eigenvalue weighted by Crippen LogP contribution is 2.54. The quantitative estimate of drug-likeness (QED) is 0.801. The predicted octanol–water partition coefficient (Wildman–Crippen LogP) is 4.22. The minimum Gasteiger partial charge on any atom is -0.497 e. The number of hydrogen-bond acceptors (Lipinski definition) is 4. The summed E-state index contributed by atoms with van der Waals surface area (Å²) in [6, 6.07) is 6.68. The third kappa shape index (κ3) is 3.02. The van der Waals surface area contributed by atoms with E-state index in [9.17, 15) is 4.79 Å². The number of rotatable bonds is 5. The van der Waals surface area contributed by atoms with Gasteiger partial charge in [0.05, 0.1) is 20.3 Å². The average molecular weight is 370 g/mol. The summed E-state index contributed by atoms with van der Waals surface area (Å²) in [4.78, 5) is 18.3. The van der Waals surface area contributed by atoms with Crippen molar-refractivity contribution in [3.8, 4) is 5.75 Å². The van der Waals surface area contributed by atoms with Crippen molar-refractivity contribution in [3.05, 3.63) is 29.5 Å². The van der Waals surface area contributed by atoms with E-state index in [1.54, 1.807) is 7.11 Å². The van der Waals surface area contributed by atoms with Crippen LogP contribution in [0.2, 0.25) is 0 Å². The summed E-state index contributed by atoms with van der Waals surface area (Å²) >= 11 is 0. The minimum atomic E-state index is -0.0997. The lowest BCUT2D eigenvalue weighted by molar-refractivity contribution is -0.142. The van der Waals surface area contributed by atoms with Crippen molar-refractivity contribution in [2.75, 3.05) is 27.3 Å². The fraction of sp³-hybridized carbons (Fsp3) is 0.591. The molecule has 0 bridgehead atoms. The molecule has 5 heteroatoms. The number of nitrogens with zero attached hydrogens (tertiary/aromatic N) is 1. The largest absolute Gasteiger partial charge is 0.497 e. The number of methoxy groups -OCH3 is 2. The van der Waals surface area contributed by atoms with Gasteiger partial charge in [-0.15, -0.1) is 0 Å². The van der Waals surface area contributed by atoms with Gasteiger partial charge in [0.1, 0.15) is 5.75 Å².